The molecule has 0 heterocycles. The first kappa shape index (κ1) is 11.7. The lowest BCUT2D eigenvalue weighted by atomic mass is 10.1. The third-order valence-corrected chi connectivity index (χ3v) is 2.21. The van der Waals surface area contributed by atoms with Gasteiger partial charge in [0.25, 0.3) is 0 Å². The highest BCUT2D eigenvalue weighted by molar-refractivity contribution is 5.98. The highest BCUT2D eigenvalue weighted by Crippen LogP contribution is 2.01. The Bertz CT molecular complexity index is 309. The molecule has 0 radical (unpaired) electrons. The molecule has 15 heavy (non-hydrogen) atoms. The van der Waals surface area contributed by atoms with Crippen LogP contribution in [0.3, 0.4) is 0 Å². The molecular formula is C12H18N2O. The Morgan fingerprint density at radius 1 is 1.40 bits per heavy atom. The third-order valence-electron chi connectivity index (χ3n) is 2.21. The second-order valence-corrected chi connectivity index (χ2v) is 3.51. The fraction of sp³-hybridized carbons (Fsp3) is 0.417. The van der Waals surface area contributed by atoms with Gasteiger partial charge in [-0.3, -0.25) is 0 Å². The maximum atomic E-state index is 5.70. The molecule has 0 saturated heterocycles. The fourth-order valence-corrected chi connectivity index (χ4v) is 1.08. The topological polar surface area (TPSA) is 47.6 Å². The van der Waals surface area contributed by atoms with Crippen molar-refractivity contribution < 1.29 is 4.84 Å². The predicted molar refractivity (Wildman–Crippen MR) is 62.9 cm³/mol. The summed E-state index contributed by atoms with van der Waals surface area (Å²) in [4.78, 5) is 5.17. The van der Waals surface area contributed by atoms with E-state index in [0.29, 0.717) is 6.61 Å². The van der Waals surface area contributed by atoms with Crippen molar-refractivity contribution in [3.05, 3.63) is 35.9 Å². The van der Waals surface area contributed by atoms with E-state index in [1.165, 1.54) is 0 Å². The van der Waals surface area contributed by atoms with E-state index in [1.54, 1.807) is 0 Å². The van der Waals surface area contributed by atoms with Crippen LogP contribution in [0.1, 0.15) is 25.8 Å². The smallest absolute Gasteiger partial charge is 0.132 e. The number of hydrogen-bond acceptors (Lipinski definition) is 3. The minimum atomic E-state index is 0.0670. The summed E-state index contributed by atoms with van der Waals surface area (Å²) < 4.78 is 0. The van der Waals surface area contributed by atoms with Crippen LogP contribution in [0.5, 0.6) is 0 Å². The van der Waals surface area contributed by atoms with E-state index in [0.717, 1.165) is 17.7 Å². The van der Waals surface area contributed by atoms with Crippen LogP contribution in [0.15, 0.2) is 35.5 Å². The average molecular weight is 206 g/mol. The van der Waals surface area contributed by atoms with Crippen LogP contribution in [0, 0.1) is 0 Å². The van der Waals surface area contributed by atoms with Gasteiger partial charge in [0.15, 0.2) is 0 Å². The molecule has 1 rings (SSSR count). The molecule has 2 N–H and O–H groups in total. The minimum absolute atomic E-state index is 0.0670. The van der Waals surface area contributed by atoms with Gasteiger partial charge in [-0.1, -0.05) is 42.4 Å². The lowest BCUT2D eigenvalue weighted by Crippen LogP contribution is -2.24. The van der Waals surface area contributed by atoms with Crippen molar-refractivity contribution in [2.45, 2.75) is 26.3 Å². The normalized spacial score (nSPS) is 13.7. The number of rotatable bonds is 5. The molecular weight excluding hydrogens is 188 g/mol. The molecule has 0 aliphatic heterocycles. The quantitative estimate of drug-likeness (QED) is 0.593. The molecule has 82 valence electrons. The molecule has 1 aromatic carbocycles. The van der Waals surface area contributed by atoms with Crippen LogP contribution in [0.4, 0.5) is 0 Å². The van der Waals surface area contributed by atoms with Crippen molar-refractivity contribution in [2.75, 3.05) is 6.61 Å². The van der Waals surface area contributed by atoms with Gasteiger partial charge in [0.2, 0.25) is 0 Å². The summed E-state index contributed by atoms with van der Waals surface area (Å²) in [6.07, 6.45) is 0.903. The molecule has 1 atom stereocenters. The molecule has 1 aromatic rings. The molecule has 0 fully saturated rings. The van der Waals surface area contributed by atoms with Gasteiger partial charge in [-0.2, -0.15) is 0 Å². The summed E-state index contributed by atoms with van der Waals surface area (Å²) in [5.41, 5.74) is 7.65. The zero-order valence-corrected chi connectivity index (χ0v) is 9.31. The molecule has 3 heteroatoms. The van der Waals surface area contributed by atoms with Crippen LogP contribution >= 0.6 is 0 Å². The highest BCUT2D eigenvalue weighted by Gasteiger charge is 1.99. The van der Waals surface area contributed by atoms with E-state index in [2.05, 4.69) is 5.16 Å². The molecule has 0 aliphatic rings. The van der Waals surface area contributed by atoms with E-state index >= 15 is 0 Å². The van der Waals surface area contributed by atoms with Crippen molar-refractivity contribution in [3.8, 4) is 0 Å². The molecule has 3 nitrogen and oxygen atoms in total. The van der Waals surface area contributed by atoms with Crippen LogP contribution in [-0.2, 0) is 4.84 Å². The zero-order chi connectivity index (χ0) is 11.1. The molecule has 0 spiro atoms. The highest BCUT2D eigenvalue weighted by atomic mass is 16.6. The maximum absolute atomic E-state index is 5.70. The van der Waals surface area contributed by atoms with Gasteiger partial charge in [-0.25, -0.2) is 0 Å². The number of benzene rings is 1. The van der Waals surface area contributed by atoms with Gasteiger partial charge in [-0.15, -0.1) is 0 Å². The number of nitrogens with zero attached hydrogens (tertiary/aromatic N) is 1. The SMILES string of the molecule is CCC(N)CON=C(C)c1ccccc1. The van der Waals surface area contributed by atoms with Crippen molar-refractivity contribution in [3.63, 3.8) is 0 Å². The van der Waals surface area contributed by atoms with Gasteiger partial charge < -0.3 is 10.6 Å². The fourth-order valence-electron chi connectivity index (χ4n) is 1.08. The Morgan fingerprint density at radius 3 is 2.67 bits per heavy atom. The van der Waals surface area contributed by atoms with Gasteiger partial charge >= 0.3 is 0 Å². The van der Waals surface area contributed by atoms with Crippen molar-refractivity contribution in [2.24, 2.45) is 10.9 Å². The Balaban J connectivity index is 2.47. The third kappa shape index (κ3) is 4.13. The van der Waals surface area contributed by atoms with Crippen LogP contribution in [-0.4, -0.2) is 18.4 Å². The zero-order valence-electron chi connectivity index (χ0n) is 9.31. The largest absolute Gasteiger partial charge is 0.394 e. The van der Waals surface area contributed by atoms with E-state index in [4.69, 9.17) is 10.6 Å². The Morgan fingerprint density at radius 2 is 2.07 bits per heavy atom. The van der Waals surface area contributed by atoms with Crippen molar-refractivity contribution >= 4 is 5.71 Å². The van der Waals surface area contributed by atoms with E-state index in [9.17, 15) is 0 Å². The lowest BCUT2D eigenvalue weighted by molar-refractivity contribution is 0.129. The number of hydrogen-bond donors (Lipinski definition) is 1. The second-order valence-electron chi connectivity index (χ2n) is 3.51. The summed E-state index contributed by atoms with van der Waals surface area (Å²) in [6.45, 7) is 4.43. The lowest BCUT2D eigenvalue weighted by Gasteiger charge is -2.07. The Labute approximate surface area is 90.9 Å². The number of oxime groups is 1. The standard InChI is InChI=1S/C12H18N2O/c1-3-12(13)9-15-14-10(2)11-7-5-4-6-8-11/h4-8,12H,3,9,13H2,1-2H3. The van der Waals surface area contributed by atoms with Crippen molar-refractivity contribution in [1.82, 2.24) is 0 Å². The molecule has 0 bridgehead atoms. The van der Waals surface area contributed by atoms with Gasteiger partial charge in [0.05, 0.1) is 5.71 Å². The average Bonchev–Trinajstić information content (AvgIpc) is 2.29. The monoisotopic (exact) mass is 206 g/mol. The molecule has 0 amide bonds. The van der Waals surface area contributed by atoms with E-state index in [1.807, 2.05) is 44.2 Å². The summed E-state index contributed by atoms with van der Waals surface area (Å²) in [5, 5.41) is 4.02. The summed E-state index contributed by atoms with van der Waals surface area (Å²) >= 11 is 0. The van der Waals surface area contributed by atoms with Gasteiger partial charge in [0, 0.05) is 6.04 Å². The number of nitrogens with two attached hydrogens (primary N) is 1. The first-order chi connectivity index (χ1) is 7.24. The van der Waals surface area contributed by atoms with Crippen LogP contribution in [0.25, 0.3) is 0 Å². The Hall–Kier alpha value is -1.35. The first-order valence-corrected chi connectivity index (χ1v) is 5.21. The first-order valence-electron chi connectivity index (χ1n) is 5.21. The molecule has 1 unspecified atom stereocenters. The summed E-state index contributed by atoms with van der Waals surface area (Å²) in [5.74, 6) is 0. The van der Waals surface area contributed by atoms with Gasteiger partial charge in [0.1, 0.15) is 6.61 Å². The van der Waals surface area contributed by atoms with Crippen LogP contribution in [0.2, 0.25) is 0 Å². The van der Waals surface area contributed by atoms with E-state index < -0.39 is 0 Å². The summed E-state index contributed by atoms with van der Waals surface area (Å²) in [6, 6.07) is 10.0. The van der Waals surface area contributed by atoms with Crippen LogP contribution < -0.4 is 5.73 Å². The molecule has 0 saturated carbocycles. The predicted octanol–water partition coefficient (Wildman–Crippen LogP) is 2.16. The maximum Gasteiger partial charge on any atom is 0.132 e. The molecule has 0 aliphatic carbocycles. The molecule has 0 aromatic heterocycles. The second kappa shape index (κ2) is 6.19. The van der Waals surface area contributed by atoms with Gasteiger partial charge in [-0.05, 0) is 18.9 Å². The van der Waals surface area contributed by atoms with Crippen molar-refractivity contribution in [1.29, 1.82) is 0 Å². The van der Waals surface area contributed by atoms with E-state index in [-0.39, 0.29) is 6.04 Å². The summed E-state index contributed by atoms with van der Waals surface area (Å²) in [7, 11) is 0. The Kier molecular flexibility index (Phi) is 4.84. The minimum Gasteiger partial charge on any atom is -0.394 e.